The first kappa shape index (κ1) is 6.37. The Bertz CT molecular complexity index is 74.1. The fourth-order valence-electron chi connectivity index (χ4n) is 0.208. The van der Waals surface area contributed by atoms with Crippen LogP contribution in [0.3, 0.4) is 0 Å². The van der Waals surface area contributed by atoms with Crippen LogP contribution in [-0.4, -0.2) is 12.8 Å². The minimum Gasteiger partial charge on any atom is -0.327 e. The van der Waals surface area contributed by atoms with Crippen LogP contribution in [0.5, 0.6) is 0 Å². The van der Waals surface area contributed by atoms with Crippen LogP contribution in [0.2, 0.25) is 0 Å². The van der Waals surface area contributed by atoms with E-state index in [4.69, 9.17) is 5.73 Å². The van der Waals surface area contributed by atoms with Gasteiger partial charge in [0, 0.05) is 19.0 Å². The Hall–Kier alpha value is -0.630. The summed E-state index contributed by atoms with van der Waals surface area (Å²) in [5.41, 5.74) is 5.11. The number of hydrogen-bond acceptors (Lipinski definition) is 2. The van der Waals surface area contributed by atoms with Gasteiger partial charge in [-0.3, -0.25) is 4.99 Å². The lowest BCUT2D eigenvalue weighted by atomic mass is 10.6. The van der Waals surface area contributed by atoms with Crippen molar-refractivity contribution in [2.24, 2.45) is 10.7 Å². The maximum absolute atomic E-state index is 5.11. The first-order valence-corrected chi connectivity index (χ1v) is 2.24. The summed E-state index contributed by atoms with van der Waals surface area (Å²) in [7, 11) is 0. The monoisotopic (exact) mass is 98.1 g/mol. The van der Waals surface area contributed by atoms with Crippen LogP contribution in [-0.2, 0) is 0 Å². The molecule has 0 bridgehead atoms. The van der Waals surface area contributed by atoms with Crippen molar-refractivity contribution in [2.45, 2.75) is 6.92 Å². The van der Waals surface area contributed by atoms with E-state index in [9.17, 15) is 0 Å². The molecule has 40 valence electrons. The number of nitrogens with zero attached hydrogens (tertiary/aromatic N) is 1. The maximum Gasteiger partial charge on any atom is 0.0236 e. The molecule has 0 aliphatic rings. The second-order valence-electron chi connectivity index (χ2n) is 1.03. The van der Waals surface area contributed by atoms with Crippen molar-refractivity contribution in [3.8, 4) is 0 Å². The first-order valence-electron chi connectivity index (χ1n) is 2.24. The minimum atomic E-state index is 0.567. The van der Waals surface area contributed by atoms with Gasteiger partial charge < -0.3 is 5.73 Å². The van der Waals surface area contributed by atoms with Crippen LogP contribution in [0.15, 0.2) is 17.3 Å². The van der Waals surface area contributed by atoms with Gasteiger partial charge in [-0.2, -0.15) is 0 Å². The predicted molar refractivity (Wildman–Crippen MR) is 32.4 cm³/mol. The molecule has 0 fully saturated rings. The Morgan fingerprint density at radius 1 is 1.71 bits per heavy atom. The smallest absolute Gasteiger partial charge is 0.0236 e. The second kappa shape index (κ2) is 5.37. The number of nitrogens with two attached hydrogens (primary N) is 1. The SMILES string of the molecule is C/C=N\C=C/CN. The van der Waals surface area contributed by atoms with Gasteiger partial charge in [-0.1, -0.05) is 6.08 Å². The first-order chi connectivity index (χ1) is 3.41. The van der Waals surface area contributed by atoms with Crippen LogP contribution >= 0.6 is 0 Å². The summed E-state index contributed by atoms with van der Waals surface area (Å²) in [5, 5.41) is 0. The van der Waals surface area contributed by atoms with Gasteiger partial charge in [-0.15, -0.1) is 0 Å². The Kier molecular flexibility index (Phi) is 4.89. The summed E-state index contributed by atoms with van der Waals surface area (Å²) in [4.78, 5) is 3.78. The normalized spacial score (nSPS) is 11.7. The standard InChI is InChI=1S/C5H10N2/c1-2-7-5-3-4-6/h2-3,5H,4,6H2,1H3/b5-3-,7-2-. The summed E-state index contributed by atoms with van der Waals surface area (Å²) in [5.74, 6) is 0. The Labute approximate surface area is 43.7 Å². The molecule has 2 N–H and O–H groups in total. The van der Waals surface area contributed by atoms with Crippen molar-refractivity contribution in [1.82, 2.24) is 0 Å². The van der Waals surface area contributed by atoms with Crippen LogP contribution in [0.1, 0.15) is 6.92 Å². The van der Waals surface area contributed by atoms with E-state index in [0.29, 0.717) is 6.54 Å². The van der Waals surface area contributed by atoms with E-state index in [1.807, 2.05) is 6.92 Å². The van der Waals surface area contributed by atoms with Crippen LogP contribution < -0.4 is 5.73 Å². The summed E-state index contributed by atoms with van der Waals surface area (Å²) in [6.07, 6.45) is 5.19. The Balaban J connectivity index is 3.09. The van der Waals surface area contributed by atoms with Crippen molar-refractivity contribution in [3.05, 3.63) is 12.3 Å². The molecule has 0 saturated heterocycles. The number of aliphatic imine (C=N–C) groups is 1. The molecular formula is C5H10N2. The van der Waals surface area contributed by atoms with Gasteiger partial charge >= 0.3 is 0 Å². The van der Waals surface area contributed by atoms with E-state index >= 15 is 0 Å². The molecule has 7 heavy (non-hydrogen) atoms. The summed E-state index contributed by atoms with van der Waals surface area (Å²) in [6.45, 7) is 2.43. The zero-order chi connectivity index (χ0) is 5.54. The lowest BCUT2D eigenvalue weighted by Gasteiger charge is -1.72. The highest BCUT2D eigenvalue weighted by Crippen LogP contribution is 1.67. The third kappa shape index (κ3) is 5.37. The number of rotatable bonds is 2. The molecule has 0 amide bonds. The summed E-state index contributed by atoms with van der Waals surface area (Å²) in [6, 6.07) is 0. The van der Waals surface area contributed by atoms with Gasteiger partial charge in [0.25, 0.3) is 0 Å². The van der Waals surface area contributed by atoms with Gasteiger partial charge in [0.05, 0.1) is 0 Å². The quantitative estimate of drug-likeness (QED) is 0.503. The van der Waals surface area contributed by atoms with Crippen molar-refractivity contribution >= 4 is 6.21 Å². The van der Waals surface area contributed by atoms with Crippen LogP contribution in [0.25, 0.3) is 0 Å². The lowest BCUT2D eigenvalue weighted by molar-refractivity contribution is 1.24. The third-order valence-corrected chi connectivity index (χ3v) is 0.477. The van der Waals surface area contributed by atoms with Crippen molar-refractivity contribution in [2.75, 3.05) is 6.54 Å². The van der Waals surface area contributed by atoms with Gasteiger partial charge in [0.1, 0.15) is 0 Å². The highest BCUT2D eigenvalue weighted by molar-refractivity contribution is 5.54. The molecule has 0 radical (unpaired) electrons. The van der Waals surface area contributed by atoms with E-state index in [1.165, 1.54) is 0 Å². The zero-order valence-corrected chi connectivity index (χ0v) is 4.46. The average molecular weight is 98.1 g/mol. The molecule has 0 unspecified atom stereocenters. The Morgan fingerprint density at radius 2 is 2.43 bits per heavy atom. The molecule has 0 atom stereocenters. The molecular weight excluding hydrogens is 88.1 g/mol. The molecule has 0 spiro atoms. The second-order valence-corrected chi connectivity index (χ2v) is 1.03. The lowest BCUT2D eigenvalue weighted by Crippen LogP contribution is -1.91. The molecule has 0 aliphatic carbocycles. The van der Waals surface area contributed by atoms with Crippen molar-refractivity contribution < 1.29 is 0 Å². The molecule has 0 heterocycles. The van der Waals surface area contributed by atoms with Crippen molar-refractivity contribution in [1.29, 1.82) is 0 Å². The maximum atomic E-state index is 5.11. The minimum absolute atomic E-state index is 0.567. The molecule has 2 nitrogen and oxygen atoms in total. The zero-order valence-electron chi connectivity index (χ0n) is 4.46. The molecule has 2 heteroatoms. The molecule has 0 aromatic heterocycles. The fraction of sp³-hybridized carbons (Fsp3) is 0.400. The Morgan fingerprint density at radius 3 is 2.86 bits per heavy atom. The average Bonchev–Trinajstić information content (AvgIpc) is 1.69. The van der Waals surface area contributed by atoms with Gasteiger partial charge in [-0.05, 0) is 6.92 Å². The molecule has 0 aromatic rings. The van der Waals surface area contributed by atoms with Crippen LogP contribution in [0, 0.1) is 0 Å². The molecule has 0 saturated carbocycles. The van der Waals surface area contributed by atoms with Gasteiger partial charge in [0.2, 0.25) is 0 Å². The largest absolute Gasteiger partial charge is 0.327 e. The summed E-state index contributed by atoms with van der Waals surface area (Å²) < 4.78 is 0. The third-order valence-electron chi connectivity index (χ3n) is 0.477. The van der Waals surface area contributed by atoms with E-state index in [1.54, 1.807) is 18.5 Å². The summed E-state index contributed by atoms with van der Waals surface area (Å²) >= 11 is 0. The highest BCUT2D eigenvalue weighted by atomic mass is 14.7. The molecule has 0 aliphatic heterocycles. The molecule has 0 aromatic carbocycles. The van der Waals surface area contributed by atoms with Crippen molar-refractivity contribution in [3.63, 3.8) is 0 Å². The highest BCUT2D eigenvalue weighted by Gasteiger charge is 1.57. The number of hydrogen-bond donors (Lipinski definition) is 1. The van der Waals surface area contributed by atoms with Gasteiger partial charge in [-0.25, -0.2) is 0 Å². The van der Waals surface area contributed by atoms with Gasteiger partial charge in [0.15, 0.2) is 0 Å². The topological polar surface area (TPSA) is 38.4 Å². The van der Waals surface area contributed by atoms with E-state index in [0.717, 1.165) is 0 Å². The van der Waals surface area contributed by atoms with E-state index in [2.05, 4.69) is 4.99 Å². The van der Waals surface area contributed by atoms with Crippen LogP contribution in [0.4, 0.5) is 0 Å². The van der Waals surface area contributed by atoms with E-state index in [-0.39, 0.29) is 0 Å². The molecule has 0 rings (SSSR count). The van der Waals surface area contributed by atoms with E-state index < -0.39 is 0 Å². The predicted octanol–water partition coefficient (Wildman–Crippen LogP) is 0.550. The fourth-order valence-corrected chi connectivity index (χ4v) is 0.208.